The summed E-state index contributed by atoms with van der Waals surface area (Å²) in [4.78, 5) is 0. The predicted octanol–water partition coefficient (Wildman–Crippen LogP) is 1.03. The van der Waals surface area contributed by atoms with Gasteiger partial charge in [0.1, 0.15) is 0 Å². The van der Waals surface area contributed by atoms with Gasteiger partial charge in [-0.2, -0.15) is 5.10 Å². The fourth-order valence-electron chi connectivity index (χ4n) is 3.01. The monoisotopic (exact) mass is 322 g/mol. The van der Waals surface area contributed by atoms with Crippen molar-refractivity contribution in [3.8, 4) is 0 Å². The second-order valence-electron chi connectivity index (χ2n) is 7.77. The minimum atomic E-state index is -0.748. The molecule has 0 aromatic carbocycles. The molecule has 0 bridgehead atoms. The quantitative estimate of drug-likeness (QED) is 0.842. The standard InChI is InChI=1S/C16H27BN2O4/c1-12-13(17-22-14(2,3)15(4,5)23-17)10-18-19(12)11-16(20)6-8-21-9-7-16/h10,20H,6-9,11H2,1-5H3. The van der Waals surface area contributed by atoms with Crippen molar-refractivity contribution in [2.24, 2.45) is 0 Å². The molecular formula is C16H27BN2O4. The van der Waals surface area contributed by atoms with Gasteiger partial charge in [0.25, 0.3) is 0 Å². The molecule has 2 aliphatic rings. The Kier molecular flexibility index (Phi) is 4.12. The molecule has 23 heavy (non-hydrogen) atoms. The van der Waals surface area contributed by atoms with Crippen molar-refractivity contribution in [3.63, 3.8) is 0 Å². The van der Waals surface area contributed by atoms with Crippen LogP contribution >= 0.6 is 0 Å². The molecule has 6 nitrogen and oxygen atoms in total. The molecule has 3 heterocycles. The largest absolute Gasteiger partial charge is 0.498 e. The van der Waals surface area contributed by atoms with Gasteiger partial charge in [0.15, 0.2) is 0 Å². The molecule has 7 heteroatoms. The molecule has 1 N–H and O–H groups in total. The third-order valence-corrected chi connectivity index (χ3v) is 5.52. The zero-order valence-electron chi connectivity index (χ0n) is 14.8. The molecule has 128 valence electrons. The molecule has 3 rings (SSSR count). The lowest BCUT2D eigenvalue weighted by molar-refractivity contribution is -0.0747. The Morgan fingerprint density at radius 3 is 2.30 bits per heavy atom. The van der Waals surface area contributed by atoms with Crippen LogP contribution in [0.4, 0.5) is 0 Å². The summed E-state index contributed by atoms with van der Waals surface area (Å²) in [6.45, 7) is 11.8. The van der Waals surface area contributed by atoms with Crippen molar-refractivity contribution in [1.82, 2.24) is 9.78 Å². The van der Waals surface area contributed by atoms with Gasteiger partial charge in [0.05, 0.1) is 23.3 Å². The van der Waals surface area contributed by atoms with E-state index < -0.39 is 12.7 Å². The molecular weight excluding hydrogens is 295 g/mol. The first kappa shape index (κ1) is 17.0. The van der Waals surface area contributed by atoms with E-state index in [9.17, 15) is 5.11 Å². The van der Waals surface area contributed by atoms with Crippen LogP contribution in [0.2, 0.25) is 0 Å². The van der Waals surface area contributed by atoms with Gasteiger partial charge in [-0.15, -0.1) is 0 Å². The number of hydrogen-bond donors (Lipinski definition) is 1. The van der Waals surface area contributed by atoms with E-state index in [-0.39, 0.29) is 11.2 Å². The van der Waals surface area contributed by atoms with Gasteiger partial charge in [-0.3, -0.25) is 4.68 Å². The van der Waals surface area contributed by atoms with E-state index >= 15 is 0 Å². The maximum atomic E-state index is 10.7. The molecule has 1 aromatic rings. The van der Waals surface area contributed by atoms with Crippen molar-refractivity contribution in [1.29, 1.82) is 0 Å². The zero-order valence-corrected chi connectivity index (χ0v) is 14.8. The summed E-state index contributed by atoms with van der Waals surface area (Å²) in [5.41, 5.74) is 0.418. The SMILES string of the molecule is Cc1c(B2OC(C)(C)C(C)(C)O2)cnn1CC1(O)CCOCC1. The summed E-state index contributed by atoms with van der Waals surface area (Å²) in [6.07, 6.45) is 3.07. The van der Waals surface area contributed by atoms with Crippen LogP contribution in [0.15, 0.2) is 6.20 Å². The Balaban J connectivity index is 1.78. The molecule has 0 atom stereocenters. The summed E-state index contributed by atoms with van der Waals surface area (Å²) in [6, 6.07) is 0. The summed E-state index contributed by atoms with van der Waals surface area (Å²) < 4.78 is 19.4. The Hall–Kier alpha value is -0.885. The molecule has 2 saturated heterocycles. The third kappa shape index (κ3) is 3.07. The molecule has 0 radical (unpaired) electrons. The Labute approximate surface area is 138 Å². The predicted molar refractivity (Wildman–Crippen MR) is 87.7 cm³/mol. The molecule has 0 aliphatic carbocycles. The Morgan fingerprint density at radius 1 is 1.17 bits per heavy atom. The van der Waals surface area contributed by atoms with Gasteiger partial charge in [0, 0.05) is 43.4 Å². The first-order chi connectivity index (χ1) is 10.6. The molecule has 1 aromatic heterocycles. The molecule has 0 unspecified atom stereocenters. The summed E-state index contributed by atoms with van der Waals surface area (Å²) in [5.74, 6) is 0. The zero-order chi connectivity index (χ0) is 16.9. The van der Waals surface area contributed by atoms with Crippen LogP contribution in [0.3, 0.4) is 0 Å². The van der Waals surface area contributed by atoms with Crippen LogP contribution in [0.25, 0.3) is 0 Å². The van der Waals surface area contributed by atoms with Crippen LogP contribution < -0.4 is 5.46 Å². The number of ether oxygens (including phenoxy) is 1. The number of aliphatic hydroxyl groups is 1. The van der Waals surface area contributed by atoms with E-state index in [0.717, 1.165) is 11.2 Å². The van der Waals surface area contributed by atoms with E-state index in [2.05, 4.69) is 5.10 Å². The highest BCUT2D eigenvalue weighted by Gasteiger charge is 2.52. The first-order valence-corrected chi connectivity index (χ1v) is 8.32. The lowest BCUT2D eigenvalue weighted by Crippen LogP contribution is -2.41. The lowest BCUT2D eigenvalue weighted by Gasteiger charge is -2.32. The van der Waals surface area contributed by atoms with E-state index in [4.69, 9.17) is 14.0 Å². The molecule has 0 amide bonds. The maximum Gasteiger partial charge on any atom is 0.498 e. The summed E-state index contributed by atoms with van der Waals surface area (Å²) in [5, 5.41) is 15.1. The fraction of sp³-hybridized carbons (Fsp3) is 0.812. The lowest BCUT2D eigenvalue weighted by atomic mass is 9.79. The van der Waals surface area contributed by atoms with E-state index in [1.807, 2.05) is 39.3 Å². The normalized spacial score (nSPS) is 25.7. The van der Waals surface area contributed by atoms with Crippen LogP contribution in [0, 0.1) is 6.92 Å². The van der Waals surface area contributed by atoms with Gasteiger partial charge in [-0.05, 0) is 34.6 Å². The Bertz CT molecular complexity index is 563. The number of nitrogens with zero attached hydrogens (tertiary/aromatic N) is 2. The van der Waals surface area contributed by atoms with Gasteiger partial charge in [0.2, 0.25) is 0 Å². The third-order valence-electron chi connectivity index (χ3n) is 5.52. The van der Waals surface area contributed by atoms with E-state index in [0.29, 0.717) is 32.6 Å². The van der Waals surface area contributed by atoms with Crippen molar-refractivity contribution < 1.29 is 19.2 Å². The molecule has 0 saturated carbocycles. The van der Waals surface area contributed by atoms with Gasteiger partial charge in [-0.25, -0.2) is 0 Å². The maximum absolute atomic E-state index is 10.7. The van der Waals surface area contributed by atoms with Crippen LogP contribution in [-0.2, 0) is 20.6 Å². The van der Waals surface area contributed by atoms with Gasteiger partial charge >= 0.3 is 7.12 Å². The summed E-state index contributed by atoms with van der Waals surface area (Å²) in [7, 11) is -0.418. The smallest absolute Gasteiger partial charge is 0.399 e. The van der Waals surface area contributed by atoms with Crippen molar-refractivity contribution in [3.05, 3.63) is 11.9 Å². The number of aromatic nitrogens is 2. The topological polar surface area (TPSA) is 65.7 Å². The average Bonchev–Trinajstić information content (AvgIpc) is 2.88. The van der Waals surface area contributed by atoms with Crippen LogP contribution in [-0.4, -0.2) is 52.0 Å². The number of hydrogen-bond acceptors (Lipinski definition) is 5. The highest BCUT2D eigenvalue weighted by atomic mass is 16.7. The molecule has 0 spiro atoms. The van der Waals surface area contributed by atoms with E-state index in [1.165, 1.54) is 0 Å². The van der Waals surface area contributed by atoms with Crippen LogP contribution in [0.1, 0.15) is 46.2 Å². The first-order valence-electron chi connectivity index (χ1n) is 8.32. The number of rotatable bonds is 3. The van der Waals surface area contributed by atoms with Gasteiger partial charge in [-0.1, -0.05) is 0 Å². The molecule has 2 aliphatic heterocycles. The summed E-state index contributed by atoms with van der Waals surface area (Å²) >= 11 is 0. The van der Waals surface area contributed by atoms with Crippen molar-refractivity contribution in [2.75, 3.05) is 13.2 Å². The van der Waals surface area contributed by atoms with E-state index in [1.54, 1.807) is 6.20 Å². The highest BCUT2D eigenvalue weighted by Crippen LogP contribution is 2.36. The minimum Gasteiger partial charge on any atom is -0.399 e. The van der Waals surface area contributed by atoms with Gasteiger partial charge < -0.3 is 19.2 Å². The second-order valence-corrected chi connectivity index (χ2v) is 7.77. The second kappa shape index (κ2) is 5.58. The average molecular weight is 322 g/mol. The fourth-order valence-corrected chi connectivity index (χ4v) is 3.01. The van der Waals surface area contributed by atoms with Crippen LogP contribution in [0.5, 0.6) is 0 Å². The Morgan fingerprint density at radius 2 is 1.74 bits per heavy atom. The minimum absolute atomic E-state index is 0.370. The molecule has 2 fully saturated rings. The van der Waals surface area contributed by atoms with Crippen molar-refractivity contribution >= 4 is 12.6 Å². The van der Waals surface area contributed by atoms with Crippen molar-refractivity contribution in [2.45, 2.75) is 70.8 Å². The highest BCUT2D eigenvalue weighted by molar-refractivity contribution is 6.62.